The molecule has 5 atom stereocenters. The third-order valence-corrected chi connectivity index (χ3v) is 8.11. The van der Waals surface area contributed by atoms with Crippen LogP contribution in [0.1, 0.15) is 37.7 Å². The summed E-state index contributed by atoms with van der Waals surface area (Å²) in [7, 11) is 4.65. The highest BCUT2D eigenvalue weighted by Crippen LogP contribution is 2.43. The molecule has 0 bridgehead atoms. The van der Waals surface area contributed by atoms with E-state index in [0.29, 0.717) is 61.5 Å². The molecular formula is C30H41FN2O7. The van der Waals surface area contributed by atoms with Crippen LogP contribution >= 0.6 is 0 Å². The average molecular weight is 561 g/mol. The quantitative estimate of drug-likeness (QED) is 0.359. The molecule has 10 heteroatoms. The molecule has 40 heavy (non-hydrogen) atoms. The Morgan fingerprint density at radius 3 is 2.50 bits per heavy atom. The number of rotatable bonds is 11. The Bertz CT molecular complexity index is 1130. The van der Waals surface area contributed by atoms with E-state index in [9.17, 15) is 15.0 Å². The summed E-state index contributed by atoms with van der Waals surface area (Å²) in [5.74, 6) is -0.0444. The first kappa shape index (κ1) is 30.2. The van der Waals surface area contributed by atoms with E-state index in [1.54, 1.807) is 42.3 Å². The summed E-state index contributed by atoms with van der Waals surface area (Å²) < 4.78 is 37.9. The molecule has 220 valence electrons. The van der Waals surface area contributed by atoms with E-state index in [1.165, 1.54) is 20.3 Å². The zero-order chi connectivity index (χ0) is 28.9. The molecular weight excluding hydrogens is 519 g/mol. The second-order valence-electron chi connectivity index (χ2n) is 10.7. The summed E-state index contributed by atoms with van der Waals surface area (Å²) in [6.45, 7) is 1.22. The molecule has 1 amide bonds. The van der Waals surface area contributed by atoms with Crippen molar-refractivity contribution < 1.29 is 38.3 Å². The number of methoxy groups -OCH3 is 3. The molecule has 9 nitrogen and oxygen atoms in total. The number of benzene rings is 2. The lowest BCUT2D eigenvalue weighted by atomic mass is 9.78. The summed E-state index contributed by atoms with van der Waals surface area (Å²) in [4.78, 5) is 15.1. The Hall–Kier alpha value is -2.76. The normalized spacial score (nSPS) is 24.5. The van der Waals surface area contributed by atoms with Crippen LogP contribution in [0.4, 0.5) is 4.39 Å². The van der Waals surface area contributed by atoms with E-state index in [0.717, 1.165) is 0 Å². The van der Waals surface area contributed by atoms with Gasteiger partial charge in [-0.3, -0.25) is 4.79 Å². The summed E-state index contributed by atoms with van der Waals surface area (Å²) in [5, 5.41) is 22.6. The zero-order valence-electron chi connectivity index (χ0n) is 23.5. The van der Waals surface area contributed by atoms with Crippen LogP contribution in [0, 0.1) is 11.7 Å². The van der Waals surface area contributed by atoms with Crippen LogP contribution in [0.25, 0.3) is 11.1 Å². The number of morpholine rings is 1. The SMILES string of the molecule is COCCCC[C@@](O)(c1cccc(F)c1-c1cc(OC)cc(OC)c1)[C@H]1CN(C(=O)[C@H]2C[C@@H](N)[C@@H](O)C2)CCO1. The Morgan fingerprint density at radius 1 is 1.15 bits per heavy atom. The third-order valence-electron chi connectivity index (χ3n) is 8.11. The standard InChI is InChI=1S/C30H41FN2O7/c1-37-11-5-4-9-30(36,27-18-33(10-12-40-27)29(35)20-15-25(32)26(34)16-20)23-7-6-8-24(31)28(23)19-13-21(38-2)17-22(14-19)39-3/h6-8,13-14,17,20,25-27,34,36H,4-5,9-12,15-16,18,32H2,1-3H3/t20-,25+,26-,27+,30+/m0/s1. The lowest BCUT2D eigenvalue weighted by molar-refractivity contribution is -0.167. The molecule has 1 aliphatic carbocycles. The van der Waals surface area contributed by atoms with Crippen LogP contribution in [0.2, 0.25) is 0 Å². The van der Waals surface area contributed by atoms with Gasteiger partial charge in [0.05, 0.1) is 33.5 Å². The molecule has 1 saturated heterocycles. The zero-order valence-corrected chi connectivity index (χ0v) is 23.5. The maximum Gasteiger partial charge on any atom is 0.226 e. The van der Waals surface area contributed by atoms with E-state index in [2.05, 4.69) is 0 Å². The van der Waals surface area contributed by atoms with Crippen molar-refractivity contribution >= 4 is 5.91 Å². The molecule has 1 aliphatic heterocycles. The molecule has 2 aromatic rings. The molecule has 0 aromatic heterocycles. The van der Waals surface area contributed by atoms with Gasteiger partial charge in [-0.15, -0.1) is 0 Å². The number of amides is 1. The van der Waals surface area contributed by atoms with Crippen LogP contribution in [0.15, 0.2) is 36.4 Å². The number of carbonyl (C=O) groups is 1. The van der Waals surface area contributed by atoms with Crippen molar-refractivity contribution in [1.82, 2.24) is 4.90 Å². The number of hydrogen-bond donors (Lipinski definition) is 3. The average Bonchev–Trinajstić information content (AvgIpc) is 3.31. The Labute approximate surface area is 235 Å². The smallest absolute Gasteiger partial charge is 0.226 e. The van der Waals surface area contributed by atoms with E-state index in [1.807, 2.05) is 0 Å². The number of carbonyl (C=O) groups excluding carboxylic acids is 1. The first-order valence-corrected chi connectivity index (χ1v) is 13.8. The van der Waals surface area contributed by atoms with Gasteiger partial charge in [0.1, 0.15) is 29.0 Å². The minimum absolute atomic E-state index is 0.112. The van der Waals surface area contributed by atoms with Gasteiger partial charge in [0.15, 0.2) is 0 Å². The van der Waals surface area contributed by atoms with Crippen LogP contribution < -0.4 is 15.2 Å². The van der Waals surface area contributed by atoms with Crippen LogP contribution in [-0.4, -0.2) is 86.9 Å². The van der Waals surface area contributed by atoms with Gasteiger partial charge < -0.3 is 39.8 Å². The predicted octanol–water partition coefficient (Wildman–Crippen LogP) is 2.84. The highest BCUT2D eigenvalue weighted by molar-refractivity contribution is 5.79. The van der Waals surface area contributed by atoms with E-state index in [-0.39, 0.29) is 37.0 Å². The second kappa shape index (κ2) is 13.3. The van der Waals surface area contributed by atoms with Crippen molar-refractivity contribution in [2.75, 3.05) is 47.6 Å². The van der Waals surface area contributed by atoms with Gasteiger partial charge >= 0.3 is 0 Å². The predicted molar refractivity (Wildman–Crippen MR) is 148 cm³/mol. The number of hydrogen-bond acceptors (Lipinski definition) is 8. The number of aliphatic hydroxyl groups is 2. The molecule has 4 rings (SSSR count). The number of nitrogens with two attached hydrogens (primary N) is 1. The van der Waals surface area contributed by atoms with Crippen LogP contribution in [0.3, 0.4) is 0 Å². The summed E-state index contributed by atoms with van der Waals surface area (Å²) in [6.07, 6.45) is 0.722. The van der Waals surface area contributed by atoms with Gasteiger partial charge in [-0.2, -0.15) is 0 Å². The highest BCUT2D eigenvalue weighted by Gasteiger charge is 2.46. The molecule has 2 aliphatic rings. The van der Waals surface area contributed by atoms with Gasteiger partial charge in [0.25, 0.3) is 0 Å². The maximum atomic E-state index is 15.7. The fourth-order valence-corrected chi connectivity index (χ4v) is 5.89. The van der Waals surface area contributed by atoms with Crippen molar-refractivity contribution in [2.24, 2.45) is 11.7 Å². The number of nitrogens with zero attached hydrogens (tertiary/aromatic N) is 1. The lowest BCUT2D eigenvalue weighted by Gasteiger charge is -2.43. The van der Waals surface area contributed by atoms with Crippen molar-refractivity contribution in [1.29, 1.82) is 0 Å². The molecule has 2 aromatic carbocycles. The third kappa shape index (κ3) is 6.42. The van der Waals surface area contributed by atoms with Crippen molar-refractivity contribution in [2.45, 2.75) is 56.0 Å². The Balaban J connectivity index is 1.73. The summed E-state index contributed by atoms with van der Waals surface area (Å²) in [5.41, 5.74) is 5.39. The Morgan fingerprint density at radius 2 is 1.88 bits per heavy atom. The molecule has 1 saturated carbocycles. The highest BCUT2D eigenvalue weighted by atomic mass is 19.1. The first-order chi connectivity index (χ1) is 19.2. The molecule has 4 N–H and O–H groups in total. The monoisotopic (exact) mass is 560 g/mol. The van der Waals surface area contributed by atoms with Crippen molar-refractivity contribution in [3.8, 4) is 22.6 Å². The Kier molecular flexibility index (Phi) is 10.0. The molecule has 1 heterocycles. The summed E-state index contributed by atoms with van der Waals surface area (Å²) in [6, 6.07) is 9.28. The fraction of sp³-hybridized carbons (Fsp3) is 0.567. The van der Waals surface area contributed by atoms with Gasteiger partial charge in [-0.25, -0.2) is 4.39 Å². The fourth-order valence-electron chi connectivity index (χ4n) is 5.89. The minimum atomic E-state index is -1.63. The largest absolute Gasteiger partial charge is 0.497 e. The van der Waals surface area contributed by atoms with Crippen molar-refractivity contribution in [3.63, 3.8) is 0 Å². The van der Waals surface area contributed by atoms with Gasteiger partial charge in [-0.05, 0) is 61.4 Å². The van der Waals surface area contributed by atoms with Crippen molar-refractivity contribution in [3.05, 3.63) is 47.8 Å². The molecule has 0 radical (unpaired) electrons. The van der Waals surface area contributed by atoms with Crippen LogP contribution in [-0.2, 0) is 19.9 Å². The lowest BCUT2D eigenvalue weighted by Crippen LogP contribution is -2.55. The maximum absolute atomic E-state index is 15.7. The van der Waals surface area contributed by atoms with E-state index >= 15 is 4.39 Å². The van der Waals surface area contributed by atoms with Crippen LogP contribution in [0.5, 0.6) is 11.5 Å². The van der Waals surface area contributed by atoms with E-state index in [4.69, 9.17) is 24.7 Å². The topological polar surface area (TPSA) is 124 Å². The number of unbranched alkanes of at least 4 members (excludes halogenated alkanes) is 1. The van der Waals surface area contributed by atoms with Gasteiger partial charge in [0, 0.05) is 43.9 Å². The first-order valence-electron chi connectivity index (χ1n) is 13.8. The number of aliphatic hydroxyl groups excluding tert-OH is 1. The molecule has 0 unspecified atom stereocenters. The summed E-state index contributed by atoms with van der Waals surface area (Å²) >= 11 is 0. The number of ether oxygens (including phenoxy) is 4. The molecule has 0 spiro atoms. The number of halogens is 1. The van der Waals surface area contributed by atoms with Gasteiger partial charge in [0.2, 0.25) is 5.91 Å². The minimum Gasteiger partial charge on any atom is -0.497 e. The van der Waals surface area contributed by atoms with Gasteiger partial charge in [-0.1, -0.05) is 12.1 Å². The molecule has 2 fully saturated rings. The van der Waals surface area contributed by atoms with E-state index < -0.39 is 29.7 Å². The second-order valence-corrected chi connectivity index (χ2v) is 10.7.